The third-order valence-electron chi connectivity index (χ3n) is 4.09. The first-order chi connectivity index (χ1) is 10.2. The van der Waals surface area contributed by atoms with Crippen molar-refractivity contribution >= 4 is 0 Å². The molecule has 0 aliphatic heterocycles. The zero-order chi connectivity index (χ0) is 15.1. The normalized spacial score (nSPS) is 12.3. The van der Waals surface area contributed by atoms with Gasteiger partial charge in [-0.1, -0.05) is 61.9 Å². The summed E-state index contributed by atoms with van der Waals surface area (Å²) in [6.07, 6.45) is 4.80. The third-order valence-corrected chi connectivity index (χ3v) is 4.09. The molecular formula is C20H27N. The molecule has 0 aromatic heterocycles. The van der Waals surface area contributed by atoms with Crippen molar-refractivity contribution in [1.82, 2.24) is 5.32 Å². The van der Waals surface area contributed by atoms with Crippen molar-refractivity contribution in [3.63, 3.8) is 0 Å². The molecule has 1 nitrogen and oxygen atoms in total. The fourth-order valence-electron chi connectivity index (χ4n) is 2.53. The zero-order valence-corrected chi connectivity index (χ0v) is 13.5. The van der Waals surface area contributed by atoms with Crippen LogP contribution in [0.2, 0.25) is 0 Å². The van der Waals surface area contributed by atoms with Crippen molar-refractivity contribution in [1.29, 1.82) is 0 Å². The number of nitrogens with one attached hydrogen (secondary N) is 1. The monoisotopic (exact) mass is 281 g/mol. The summed E-state index contributed by atoms with van der Waals surface area (Å²) in [5.74, 6) is 0. The summed E-state index contributed by atoms with van der Waals surface area (Å²) in [7, 11) is 2.01. The topological polar surface area (TPSA) is 12.0 Å². The molecule has 2 aromatic rings. The second kappa shape index (κ2) is 7.99. The van der Waals surface area contributed by atoms with Crippen LogP contribution in [0.3, 0.4) is 0 Å². The van der Waals surface area contributed by atoms with Crippen molar-refractivity contribution in [2.75, 3.05) is 7.05 Å². The van der Waals surface area contributed by atoms with Crippen LogP contribution in [0.25, 0.3) is 11.1 Å². The van der Waals surface area contributed by atoms with Crippen LogP contribution in [-0.4, -0.2) is 13.1 Å². The van der Waals surface area contributed by atoms with Gasteiger partial charge in [-0.15, -0.1) is 0 Å². The average molecular weight is 281 g/mol. The van der Waals surface area contributed by atoms with E-state index in [1.807, 2.05) is 7.05 Å². The molecule has 0 radical (unpaired) electrons. The first-order valence-corrected chi connectivity index (χ1v) is 8.08. The van der Waals surface area contributed by atoms with Crippen molar-refractivity contribution in [3.05, 3.63) is 59.7 Å². The van der Waals surface area contributed by atoms with Crippen LogP contribution in [0.15, 0.2) is 48.5 Å². The summed E-state index contributed by atoms with van der Waals surface area (Å²) >= 11 is 0. The molecule has 2 rings (SSSR count). The van der Waals surface area contributed by atoms with Crippen molar-refractivity contribution in [2.45, 2.75) is 45.6 Å². The van der Waals surface area contributed by atoms with Gasteiger partial charge in [-0.05, 0) is 55.5 Å². The van der Waals surface area contributed by atoms with E-state index in [0.717, 1.165) is 6.42 Å². The van der Waals surface area contributed by atoms with Gasteiger partial charge in [0.15, 0.2) is 0 Å². The Balaban J connectivity index is 2.04. The van der Waals surface area contributed by atoms with Gasteiger partial charge in [-0.25, -0.2) is 0 Å². The van der Waals surface area contributed by atoms with Crippen LogP contribution in [0, 0.1) is 0 Å². The van der Waals surface area contributed by atoms with Gasteiger partial charge in [0.2, 0.25) is 0 Å². The Morgan fingerprint density at radius 2 is 1.38 bits per heavy atom. The van der Waals surface area contributed by atoms with Gasteiger partial charge in [0.05, 0.1) is 0 Å². The maximum atomic E-state index is 3.28. The maximum Gasteiger partial charge on any atom is 0.00761 e. The van der Waals surface area contributed by atoms with Crippen molar-refractivity contribution in [2.24, 2.45) is 0 Å². The van der Waals surface area contributed by atoms with Crippen molar-refractivity contribution < 1.29 is 0 Å². The molecule has 0 aliphatic rings. The molecule has 0 saturated heterocycles. The number of unbranched alkanes of at least 4 members (excludes halogenated alkanes) is 1. The average Bonchev–Trinajstić information content (AvgIpc) is 2.54. The van der Waals surface area contributed by atoms with Crippen LogP contribution < -0.4 is 5.32 Å². The van der Waals surface area contributed by atoms with Gasteiger partial charge in [-0.3, -0.25) is 0 Å². The molecule has 1 atom stereocenters. The van der Waals surface area contributed by atoms with E-state index in [2.05, 4.69) is 67.7 Å². The van der Waals surface area contributed by atoms with Crippen LogP contribution in [-0.2, 0) is 12.8 Å². The molecule has 0 heterocycles. The quantitative estimate of drug-likeness (QED) is 0.765. The highest BCUT2D eigenvalue weighted by atomic mass is 14.8. The largest absolute Gasteiger partial charge is 0.317 e. The molecule has 0 fully saturated rings. The van der Waals surface area contributed by atoms with E-state index in [9.17, 15) is 0 Å². The molecule has 0 saturated carbocycles. The number of benzene rings is 2. The number of hydrogen-bond donors (Lipinski definition) is 1. The lowest BCUT2D eigenvalue weighted by Gasteiger charge is -2.10. The van der Waals surface area contributed by atoms with E-state index in [4.69, 9.17) is 0 Å². The van der Waals surface area contributed by atoms with E-state index in [1.165, 1.54) is 41.5 Å². The van der Waals surface area contributed by atoms with E-state index >= 15 is 0 Å². The molecule has 0 bridgehead atoms. The first-order valence-electron chi connectivity index (χ1n) is 8.08. The van der Waals surface area contributed by atoms with Gasteiger partial charge in [0, 0.05) is 6.04 Å². The smallest absolute Gasteiger partial charge is 0.00761 e. The van der Waals surface area contributed by atoms with Gasteiger partial charge in [-0.2, -0.15) is 0 Å². The van der Waals surface area contributed by atoms with Crippen molar-refractivity contribution in [3.8, 4) is 11.1 Å². The van der Waals surface area contributed by atoms with Gasteiger partial charge >= 0.3 is 0 Å². The third kappa shape index (κ3) is 4.71. The summed E-state index contributed by atoms with van der Waals surface area (Å²) < 4.78 is 0. The minimum Gasteiger partial charge on any atom is -0.317 e. The second-order valence-electron chi connectivity index (χ2n) is 5.89. The lowest BCUT2D eigenvalue weighted by molar-refractivity contribution is 0.608. The summed E-state index contributed by atoms with van der Waals surface area (Å²) in [4.78, 5) is 0. The molecule has 1 unspecified atom stereocenters. The van der Waals surface area contributed by atoms with Gasteiger partial charge in [0.25, 0.3) is 0 Å². The zero-order valence-electron chi connectivity index (χ0n) is 13.5. The molecule has 1 heteroatoms. The highest BCUT2D eigenvalue weighted by Gasteiger charge is 2.02. The summed E-state index contributed by atoms with van der Waals surface area (Å²) in [6.45, 7) is 4.45. The van der Waals surface area contributed by atoms with Crippen LogP contribution in [0.1, 0.15) is 37.8 Å². The predicted octanol–water partition coefficient (Wildman–Crippen LogP) is 4.85. The number of aryl methyl sites for hydroxylation is 1. The molecule has 112 valence electrons. The summed E-state index contributed by atoms with van der Waals surface area (Å²) in [6, 6.07) is 18.5. The maximum absolute atomic E-state index is 3.28. The van der Waals surface area contributed by atoms with Crippen LogP contribution >= 0.6 is 0 Å². The van der Waals surface area contributed by atoms with E-state index in [0.29, 0.717) is 6.04 Å². The Morgan fingerprint density at radius 3 is 1.86 bits per heavy atom. The lowest BCUT2D eigenvalue weighted by Crippen LogP contribution is -2.23. The van der Waals surface area contributed by atoms with E-state index < -0.39 is 0 Å². The van der Waals surface area contributed by atoms with E-state index in [-0.39, 0.29) is 0 Å². The van der Waals surface area contributed by atoms with Crippen LogP contribution in [0.5, 0.6) is 0 Å². The molecule has 0 aliphatic carbocycles. The number of hydrogen-bond acceptors (Lipinski definition) is 1. The Kier molecular flexibility index (Phi) is 6.01. The molecular weight excluding hydrogens is 254 g/mol. The molecule has 0 spiro atoms. The molecule has 21 heavy (non-hydrogen) atoms. The Hall–Kier alpha value is -1.60. The highest BCUT2D eigenvalue weighted by molar-refractivity contribution is 5.64. The standard InChI is InChI=1S/C20H27N/c1-4-5-6-17-7-11-19(12-8-17)20-13-9-18(10-14-20)15-16(2)21-3/h7-14,16,21H,4-6,15H2,1-3H3. The van der Waals surface area contributed by atoms with Crippen LogP contribution in [0.4, 0.5) is 0 Å². The number of rotatable bonds is 7. The molecule has 1 N–H and O–H groups in total. The minimum atomic E-state index is 0.522. The SMILES string of the molecule is CCCCc1ccc(-c2ccc(CC(C)NC)cc2)cc1. The Morgan fingerprint density at radius 1 is 0.857 bits per heavy atom. The Bertz CT molecular complexity index is 525. The fraction of sp³-hybridized carbons (Fsp3) is 0.400. The number of likely N-dealkylation sites (N-methyl/N-ethyl adjacent to an activating group) is 1. The van der Waals surface area contributed by atoms with Gasteiger partial charge in [0.1, 0.15) is 0 Å². The summed E-state index contributed by atoms with van der Waals surface area (Å²) in [5.41, 5.74) is 5.45. The summed E-state index contributed by atoms with van der Waals surface area (Å²) in [5, 5.41) is 3.28. The molecule has 2 aromatic carbocycles. The Labute approximate surface area is 129 Å². The van der Waals surface area contributed by atoms with Gasteiger partial charge < -0.3 is 5.32 Å². The lowest BCUT2D eigenvalue weighted by atomic mass is 9.99. The predicted molar refractivity (Wildman–Crippen MR) is 92.7 cm³/mol. The first kappa shape index (κ1) is 15.8. The van der Waals surface area contributed by atoms with E-state index in [1.54, 1.807) is 0 Å². The second-order valence-corrected chi connectivity index (χ2v) is 5.89. The molecule has 0 amide bonds. The highest BCUT2D eigenvalue weighted by Crippen LogP contribution is 2.21. The minimum absolute atomic E-state index is 0.522. The fourth-order valence-corrected chi connectivity index (χ4v) is 2.53.